The lowest BCUT2D eigenvalue weighted by Gasteiger charge is -2.26. The number of carbonyl (C=O) groups excluding carboxylic acids is 1. The topological polar surface area (TPSA) is 68.5 Å². The molecule has 5 rings (SSSR count). The number of methoxy groups -OCH3 is 1. The van der Waals surface area contributed by atoms with Crippen molar-refractivity contribution in [3.63, 3.8) is 0 Å². The lowest BCUT2D eigenvalue weighted by molar-refractivity contribution is 0.0951. The van der Waals surface area contributed by atoms with E-state index in [-0.39, 0.29) is 17.3 Å². The average Bonchev–Trinajstić information content (AvgIpc) is 3.19. The number of amides is 1. The molecule has 1 amide bonds. The van der Waals surface area contributed by atoms with Gasteiger partial charge in [-0.3, -0.25) is 19.2 Å². The summed E-state index contributed by atoms with van der Waals surface area (Å²) in [7, 11) is 3.52. The number of rotatable bonds is 7. The smallest absolute Gasteiger partial charge is 0.276 e. The van der Waals surface area contributed by atoms with E-state index in [1.807, 2.05) is 61.1 Å². The van der Waals surface area contributed by atoms with E-state index >= 15 is 0 Å². The van der Waals surface area contributed by atoms with E-state index in [1.54, 1.807) is 30.8 Å². The van der Waals surface area contributed by atoms with Crippen LogP contribution in [0.2, 0.25) is 0 Å². The van der Waals surface area contributed by atoms with Gasteiger partial charge in [0, 0.05) is 50.9 Å². The van der Waals surface area contributed by atoms with Gasteiger partial charge in [-0.1, -0.05) is 24.3 Å². The molecule has 202 valence electrons. The molecule has 1 aliphatic heterocycles. The molecule has 7 nitrogen and oxygen atoms in total. The number of aromatic nitrogens is 2. The maximum absolute atomic E-state index is 13.8. The highest BCUT2D eigenvalue weighted by Crippen LogP contribution is 2.22. The van der Waals surface area contributed by atoms with Crippen molar-refractivity contribution in [3.8, 4) is 11.4 Å². The lowest BCUT2D eigenvalue weighted by atomic mass is 10.1. The Balaban J connectivity index is 1.23. The monoisotopic (exact) mass is 528 g/mol. The number of aryl methyl sites for hydroxylation is 2. The van der Waals surface area contributed by atoms with Crippen molar-refractivity contribution >= 4 is 5.91 Å². The van der Waals surface area contributed by atoms with Crippen LogP contribution in [0.5, 0.6) is 5.75 Å². The van der Waals surface area contributed by atoms with Gasteiger partial charge < -0.3 is 10.1 Å². The van der Waals surface area contributed by atoms with E-state index < -0.39 is 0 Å². The summed E-state index contributed by atoms with van der Waals surface area (Å²) in [6, 6.07) is 18.2. The summed E-state index contributed by atoms with van der Waals surface area (Å²) in [6.45, 7) is 6.13. The van der Waals surface area contributed by atoms with Crippen molar-refractivity contribution in [2.45, 2.75) is 39.9 Å². The summed E-state index contributed by atoms with van der Waals surface area (Å²) in [6.07, 6.45) is 0.749. The van der Waals surface area contributed by atoms with Crippen LogP contribution in [0.4, 0.5) is 4.39 Å². The van der Waals surface area contributed by atoms with Crippen LogP contribution in [0.15, 0.2) is 65.5 Å². The second-order valence-corrected chi connectivity index (χ2v) is 10.1. The van der Waals surface area contributed by atoms with Crippen LogP contribution >= 0.6 is 0 Å². The molecular weight excluding hydrogens is 495 g/mol. The third-order valence-electron chi connectivity index (χ3n) is 7.47. The van der Waals surface area contributed by atoms with Gasteiger partial charge in [0.2, 0.25) is 0 Å². The normalized spacial score (nSPS) is 13.3. The molecule has 0 bridgehead atoms. The summed E-state index contributed by atoms with van der Waals surface area (Å²) >= 11 is 0. The van der Waals surface area contributed by atoms with E-state index in [4.69, 9.17) is 4.74 Å². The standard InChI is InChI=1S/C31H33FN4O3/c1-20-5-6-23(16-29(20)39-4)17-33-30(37)24-9-7-22(8-10-24)18-35-14-13-28-26(19-35)31(38)36(34(28)3)25-11-12-27(32)21(2)15-25/h5-12,15-16H,13-14,17-19H2,1-4H3,(H,33,37). The zero-order valence-corrected chi connectivity index (χ0v) is 22.8. The molecule has 0 spiro atoms. The van der Waals surface area contributed by atoms with Crippen molar-refractivity contribution < 1.29 is 13.9 Å². The van der Waals surface area contributed by atoms with E-state index in [0.29, 0.717) is 36.4 Å². The molecule has 0 saturated carbocycles. The molecule has 0 fully saturated rings. The Morgan fingerprint density at radius 3 is 2.46 bits per heavy atom. The fraction of sp³-hybridized carbons (Fsp3) is 0.290. The van der Waals surface area contributed by atoms with Gasteiger partial charge >= 0.3 is 0 Å². The SMILES string of the molecule is COc1cc(CNC(=O)c2ccc(CN3CCc4c(c(=O)n(-c5ccc(F)c(C)c5)n4C)C3)cc2)ccc1C. The molecule has 8 heteroatoms. The van der Waals surface area contributed by atoms with E-state index in [0.717, 1.165) is 46.7 Å². The molecule has 0 atom stereocenters. The van der Waals surface area contributed by atoms with Gasteiger partial charge in [-0.15, -0.1) is 0 Å². The number of hydrogen-bond donors (Lipinski definition) is 1. The van der Waals surface area contributed by atoms with Gasteiger partial charge in [0.15, 0.2) is 0 Å². The molecule has 3 aromatic carbocycles. The highest BCUT2D eigenvalue weighted by atomic mass is 19.1. The second kappa shape index (κ2) is 10.9. The molecule has 1 N–H and O–H groups in total. The van der Waals surface area contributed by atoms with Crippen LogP contribution in [0, 0.1) is 19.7 Å². The lowest BCUT2D eigenvalue weighted by Crippen LogP contribution is -2.32. The van der Waals surface area contributed by atoms with Crippen LogP contribution in [-0.2, 0) is 33.1 Å². The Hall–Kier alpha value is -4.17. The van der Waals surface area contributed by atoms with E-state index in [2.05, 4.69) is 10.2 Å². The number of halogens is 1. The molecule has 4 aromatic rings. The number of hydrogen-bond acceptors (Lipinski definition) is 4. The third kappa shape index (κ3) is 5.38. The molecule has 0 unspecified atom stereocenters. The summed E-state index contributed by atoms with van der Waals surface area (Å²) < 4.78 is 22.7. The first-order chi connectivity index (χ1) is 18.7. The number of carbonyl (C=O) groups is 1. The summed E-state index contributed by atoms with van der Waals surface area (Å²) in [5.74, 6) is 0.382. The van der Waals surface area contributed by atoms with Crippen molar-refractivity contribution in [1.29, 1.82) is 0 Å². The van der Waals surface area contributed by atoms with E-state index in [9.17, 15) is 14.0 Å². The van der Waals surface area contributed by atoms with Crippen molar-refractivity contribution in [3.05, 3.63) is 116 Å². The van der Waals surface area contributed by atoms with Crippen molar-refractivity contribution in [2.75, 3.05) is 13.7 Å². The Kier molecular flexibility index (Phi) is 7.39. The number of fused-ring (bicyclic) bond motifs is 1. The Morgan fingerprint density at radius 1 is 1.00 bits per heavy atom. The van der Waals surface area contributed by atoms with Crippen LogP contribution in [0.1, 0.15) is 43.9 Å². The Labute approximate surface area is 227 Å². The van der Waals surface area contributed by atoms with Crippen molar-refractivity contribution in [1.82, 2.24) is 19.6 Å². The molecule has 2 heterocycles. The maximum atomic E-state index is 13.8. The summed E-state index contributed by atoms with van der Waals surface area (Å²) in [4.78, 5) is 28.3. The minimum atomic E-state index is -0.285. The predicted molar refractivity (Wildman–Crippen MR) is 149 cm³/mol. The fourth-order valence-electron chi connectivity index (χ4n) is 5.21. The van der Waals surface area contributed by atoms with Gasteiger partial charge in [-0.05, 0) is 72.5 Å². The molecule has 0 radical (unpaired) electrons. The van der Waals surface area contributed by atoms with Crippen LogP contribution in [-0.4, -0.2) is 33.8 Å². The molecule has 0 saturated heterocycles. The number of nitrogens with zero attached hydrogens (tertiary/aromatic N) is 3. The second-order valence-electron chi connectivity index (χ2n) is 10.1. The van der Waals surface area contributed by atoms with Gasteiger partial charge in [0.1, 0.15) is 11.6 Å². The van der Waals surface area contributed by atoms with Gasteiger partial charge in [-0.2, -0.15) is 0 Å². The molecular formula is C31H33FN4O3. The highest BCUT2D eigenvalue weighted by Gasteiger charge is 2.25. The first kappa shape index (κ1) is 26.4. The molecule has 1 aromatic heterocycles. The van der Waals surface area contributed by atoms with Crippen LogP contribution in [0.3, 0.4) is 0 Å². The van der Waals surface area contributed by atoms with Gasteiger partial charge in [0.05, 0.1) is 18.4 Å². The summed E-state index contributed by atoms with van der Waals surface area (Å²) in [5, 5.41) is 2.97. The Morgan fingerprint density at radius 2 is 1.74 bits per heavy atom. The minimum absolute atomic E-state index is 0.0681. The quantitative estimate of drug-likeness (QED) is 0.386. The van der Waals surface area contributed by atoms with Crippen LogP contribution in [0.25, 0.3) is 5.69 Å². The zero-order chi connectivity index (χ0) is 27.7. The number of benzene rings is 3. The van der Waals surface area contributed by atoms with Crippen molar-refractivity contribution in [2.24, 2.45) is 7.05 Å². The maximum Gasteiger partial charge on any atom is 0.276 e. The predicted octanol–water partition coefficient (Wildman–Crippen LogP) is 4.43. The van der Waals surface area contributed by atoms with Gasteiger partial charge in [-0.25, -0.2) is 9.07 Å². The molecule has 1 aliphatic rings. The largest absolute Gasteiger partial charge is 0.496 e. The molecule has 0 aliphatic carbocycles. The first-order valence-corrected chi connectivity index (χ1v) is 13.0. The number of ether oxygens (including phenoxy) is 1. The Bertz CT molecular complexity index is 1590. The van der Waals surface area contributed by atoms with Crippen LogP contribution < -0.4 is 15.6 Å². The third-order valence-corrected chi connectivity index (χ3v) is 7.47. The van der Waals surface area contributed by atoms with Gasteiger partial charge in [0.25, 0.3) is 11.5 Å². The highest BCUT2D eigenvalue weighted by molar-refractivity contribution is 5.94. The zero-order valence-electron chi connectivity index (χ0n) is 22.8. The number of nitrogens with one attached hydrogen (secondary N) is 1. The average molecular weight is 529 g/mol. The van der Waals surface area contributed by atoms with E-state index in [1.165, 1.54) is 6.07 Å². The summed E-state index contributed by atoms with van der Waals surface area (Å²) in [5.41, 5.74) is 6.58. The first-order valence-electron chi connectivity index (χ1n) is 13.0. The minimum Gasteiger partial charge on any atom is -0.496 e. The fourth-order valence-corrected chi connectivity index (χ4v) is 5.21. The molecule has 39 heavy (non-hydrogen) atoms.